The molecule has 0 bridgehead atoms. The number of hydrogen-bond acceptors (Lipinski definition) is 3. The van der Waals surface area contributed by atoms with E-state index in [0.717, 1.165) is 18.4 Å². The van der Waals surface area contributed by atoms with Crippen molar-refractivity contribution in [3.8, 4) is 17.4 Å². The number of nitrogens with one attached hydrogen (secondary N) is 1. The Labute approximate surface area is 150 Å². The van der Waals surface area contributed by atoms with Gasteiger partial charge in [-0.25, -0.2) is 0 Å². The molecule has 0 spiro atoms. The SMILES string of the molecule is CCCCNC(=O)/C(C#N)=C/c1ccc(-c2ccc(Cl)c(Cl)c2)o1. The normalized spacial score (nSPS) is 11.2. The van der Waals surface area contributed by atoms with Gasteiger partial charge in [0.15, 0.2) is 0 Å². The Hall–Kier alpha value is -2.22. The molecule has 0 radical (unpaired) electrons. The number of carbonyl (C=O) groups excluding carboxylic acids is 1. The molecule has 4 nitrogen and oxygen atoms in total. The maximum absolute atomic E-state index is 11.9. The first-order valence-electron chi connectivity index (χ1n) is 7.50. The molecular formula is C18H16Cl2N2O2. The number of unbranched alkanes of at least 4 members (excludes halogenated alkanes) is 1. The lowest BCUT2D eigenvalue weighted by molar-refractivity contribution is -0.117. The second-order valence-electron chi connectivity index (χ2n) is 5.11. The summed E-state index contributed by atoms with van der Waals surface area (Å²) >= 11 is 11.9. The second-order valence-corrected chi connectivity index (χ2v) is 5.92. The van der Waals surface area contributed by atoms with Crippen molar-refractivity contribution in [1.82, 2.24) is 5.32 Å². The van der Waals surface area contributed by atoms with Crippen molar-refractivity contribution in [3.63, 3.8) is 0 Å². The van der Waals surface area contributed by atoms with Crippen LogP contribution < -0.4 is 5.32 Å². The first kappa shape index (κ1) is 18.1. The highest BCUT2D eigenvalue weighted by Gasteiger charge is 2.11. The number of nitriles is 1. The lowest BCUT2D eigenvalue weighted by atomic mass is 10.2. The number of rotatable bonds is 6. The van der Waals surface area contributed by atoms with Crippen molar-refractivity contribution in [2.75, 3.05) is 6.54 Å². The summed E-state index contributed by atoms with van der Waals surface area (Å²) < 4.78 is 5.66. The number of hydrogen-bond donors (Lipinski definition) is 1. The molecule has 0 aliphatic rings. The van der Waals surface area contributed by atoms with Crippen LogP contribution in [0.2, 0.25) is 10.0 Å². The van der Waals surface area contributed by atoms with E-state index in [-0.39, 0.29) is 5.57 Å². The summed E-state index contributed by atoms with van der Waals surface area (Å²) in [7, 11) is 0. The van der Waals surface area contributed by atoms with Crippen LogP contribution in [0.3, 0.4) is 0 Å². The zero-order valence-corrected chi connectivity index (χ0v) is 14.6. The van der Waals surface area contributed by atoms with E-state index in [1.54, 1.807) is 30.3 Å². The van der Waals surface area contributed by atoms with E-state index in [9.17, 15) is 4.79 Å². The molecular weight excluding hydrogens is 347 g/mol. The summed E-state index contributed by atoms with van der Waals surface area (Å²) in [5.74, 6) is 0.584. The molecule has 1 heterocycles. The van der Waals surface area contributed by atoms with Crippen LogP contribution in [0.15, 0.2) is 40.3 Å². The third-order valence-corrected chi connectivity index (χ3v) is 4.04. The summed E-state index contributed by atoms with van der Waals surface area (Å²) in [4.78, 5) is 11.9. The maximum atomic E-state index is 11.9. The largest absolute Gasteiger partial charge is 0.457 e. The smallest absolute Gasteiger partial charge is 0.262 e. The molecule has 1 amide bonds. The number of halogens is 2. The van der Waals surface area contributed by atoms with Gasteiger partial charge in [0.25, 0.3) is 5.91 Å². The van der Waals surface area contributed by atoms with E-state index in [1.807, 2.05) is 13.0 Å². The van der Waals surface area contributed by atoms with Crippen molar-refractivity contribution in [2.24, 2.45) is 0 Å². The number of furan rings is 1. The third kappa shape index (κ3) is 4.64. The molecule has 0 unspecified atom stereocenters. The van der Waals surface area contributed by atoms with Gasteiger partial charge in [0.2, 0.25) is 0 Å². The Balaban J connectivity index is 2.18. The van der Waals surface area contributed by atoms with E-state index in [2.05, 4.69) is 5.32 Å². The topological polar surface area (TPSA) is 66.0 Å². The molecule has 124 valence electrons. The first-order chi connectivity index (χ1) is 11.5. The minimum absolute atomic E-state index is 0.00106. The molecule has 24 heavy (non-hydrogen) atoms. The molecule has 0 saturated heterocycles. The Morgan fingerprint density at radius 1 is 1.29 bits per heavy atom. The fourth-order valence-electron chi connectivity index (χ4n) is 2.00. The standard InChI is InChI=1S/C18H16Cl2N2O2/c1-2-3-8-22-18(23)13(11-21)9-14-5-7-17(24-14)12-4-6-15(19)16(20)10-12/h4-7,9-10H,2-3,8H2,1H3,(H,22,23)/b13-9+. The van der Waals surface area contributed by atoms with E-state index in [1.165, 1.54) is 6.08 Å². The van der Waals surface area contributed by atoms with Gasteiger partial charge in [-0.15, -0.1) is 0 Å². The Morgan fingerprint density at radius 3 is 2.75 bits per heavy atom. The van der Waals surface area contributed by atoms with Crippen LogP contribution in [-0.2, 0) is 4.79 Å². The van der Waals surface area contributed by atoms with E-state index >= 15 is 0 Å². The molecule has 0 saturated carbocycles. The van der Waals surface area contributed by atoms with Gasteiger partial charge in [0.05, 0.1) is 10.0 Å². The molecule has 1 N–H and O–H groups in total. The van der Waals surface area contributed by atoms with Crippen molar-refractivity contribution in [3.05, 3.63) is 51.7 Å². The lowest BCUT2D eigenvalue weighted by Crippen LogP contribution is -2.25. The number of benzene rings is 1. The van der Waals surface area contributed by atoms with Gasteiger partial charge in [-0.05, 0) is 36.8 Å². The molecule has 0 atom stereocenters. The highest BCUT2D eigenvalue weighted by molar-refractivity contribution is 6.42. The number of amides is 1. The highest BCUT2D eigenvalue weighted by Crippen LogP contribution is 2.30. The second kappa shape index (κ2) is 8.58. The van der Waals surface area contributed by atoms with Gasteiger partial charge in [0, 0.05) is 18.2 Å². The van der Waals surface area contributed by atoms with Gasteiger partial charge >= 0.3 is 0 Å². The summed E-state index contributed by atoms with van der Waals surface area (Å²) in [5, 5.41) is 12.7. The van der Waals surface area contributed by atoms with Crippen LogP contribution in [-0.4, -0.2) is 12.5 Å². The zero-order valence-electron chi connectivity index (χ0n) is 13.1. The van der Waals surface area contributed by atoms with Crippen LogP contribution in [0.1, 0.15) is 25.5 Å². The Bertz CT molecular complexity index is 804. The van der Waals surface area contributed by atoms with Gasteiger partial charge in [-0.2, -0.15) is 5.26 Å². The zero-order chi connectivity index (χ0) is 17.5. The highest BCUT2D eigenvalue weighted by atomic mass is 35.5. The average molecular weight is 363 g/mol. The minimum atomic E-state index is -0.404. The molecule has 2 aromatic rings. The summed E-state index contributed by atoms with van der Waals surface area (Å²) in [5.41, 5.74) is 0.760. The average Bonchev–Trinajstić information content (AvgIpc) is 3.04. The quantitative estimate of drug-likeness (QED) is 0.442. The van der Waals surface area contributed by atoms with Crippen LogP contribution in [0.5, 0.6) is 0 Å². The van der Waals surface area contributed by atoms with E-state index in [0.29, 0.717) is 28.1 Å². The van der Waals surface area contributed by atoms with Crippen LogP contribution >= 0.6 is 23.2 Å². The van der Waals surface area contributed by atoms with Gasteiger partial charge < -0.3 is 9.73 Å². The molecule has 0 fully saturated rings. The summed E-state index contributed by atoms with van der Waals surface area (Å²) in [6.45, 7) is 2.57. The van der Waals surface area contributed by atoms with Crippen LogP contribution in [0, 0.1) is 11.3 Å². The Morgan fingerprint density at radius 2 is 2.08 bits per heavy atom. The lowest BCUT2D eigenvalue weighted by Gasteiger charge is -2.02. The van der Waals surface area contributed by atoms with Crippen molar-refractivity contribution in [1.29, 1.82) is 5.26 Å². The fourth-order valence-corrected chi connectivity index (χ4v) is 2.30. The number of carbonyl (C=O) groups is 1. The molecule has 1 aromatic carbocycles. The molecule has 2 rings (SSSR count). The third-order valence-electron chi connectivity index (χ3n) is 3.30. The van der Waals surface area contributed by atoms with Crippen molar-refractivity contribution in [2.45, 2.75) is 19.8 Å². The molecule has 0 aliphatic carbocycles. The van der Waals surface area contributed by atoms with E-state index < -0.39 is 5.91 Å². The molecule has 0 aliphatic heterocycles. The predicted octanol–water partition coefficient (Wildman–Crippen LogP) is 5.08. The van der Waals surface area contributed by atoms with Crippen molar-refractivity contribution >= 4 is 35.2 Å². The monoisotopic (exact) mass is 362 g/mol. The van der Waals surface area contributed by atoms with E-state index in [4.69, 9.17) is 32.9 Å². The fraction of sp³-hybridized carbons (Fsp3) is 0.222. The minimum Gasteiger partial charge on any atom is -0.457 e. The summed E-state index contributed by atoms with van der Waals surface area (Å²) in [6, 6.07) is 10.5. The maximum Gasteiger partial charge on any atom is 0.262 e. The summed E-state index contributed by atoms with van der Waals surface area (Å²) in [6.07, 6.45) is 3.26. The van der Waals surface area contributed by atoms with Gasteiger partial charge in [-0.3, -0.25) is 4.79 Å². The van der Waals surface area contributed by atoms with Crippen molar-refractivity contribution < 1.29 is 9.21 Å². The Kier molecular flexibility index (Phi) is 6.48. The van der Waals surface area contributed by atoms with Crippen LogP contribution in [0.25, 0.3) is 17.4 Å². The first-order valence-corrected chi connectivity index (χ1v) is 8.26. The predicted molar refractivity (Wildman–Crippen MR) is 95.7 cm³/mol. The number of nitrogens with zero attached hydrogens (tertiary/aromatic N) is 1. The molecule has 6 heteroatoms. The van der Waals surface area contributed by atoms with Gasteiger partial charge in [0.1, 0.15) is 23.2 Å². The van der Waals surface area contributed by atoms with Gasteiger partial charge in [-0.1, -0.05) is 36.5 Å². The molecule has 1 aromatic heterocycles. The van der Waals surface area contributed by atoms with Crippen LogP contribution in [0.4, 0.5) is 0 Å².